The van der Waals surface area contributed by atoms with Crippen molar-refractivity contribution in [3.63, 3.8) is 0 Å². The van der Waals surface area contributed by atoms with Gasteiger partial charge in [-0.1, -0.05) is 0 Å². The molecule has 4 nitrogen and oxygen atoms in total. The summed E-state index contributed by atoms with van der Waals surface area (Å²) in [6.07, 6.45) is 4.18. The van der Waals surface area contributed by atoms with Gasteiger partial charge in [-0.3, -0.25) is 5.84 Å². The number of rotatable bonds is 3. The predicted molar refractivity (Wildman–Crippen MR) is 48.7 cm³/mol. The van der Waals surface area contributed by atoms with Gasteiger partial charge in [-0.25, -0.2) is 5.43 Å². The molecule has 1 fully saturated rings. The van der Waals surface area contributed by atoms with Crippen LogP contribution in [0, 0.1) is 5.92 Å². The summed E-state index contributed by atoms with van der Waals surface area (Å²) in [5.74, 6) is 6.97. The van der Waals surface area contributed by atoms with Crippen molar-refractivity contribution in [2.24, 2.45) is 11.8 Å². The average Bonchev–Trinajstić information content (AvgIpc) is 2.76. The maximum Gasteiger partial charge on any atom is 0.111 e. The maximum atomic E-state index is 5.51. The van der Waals surface area contributed by atoms with Crippen LogP contribution in [0.25, 0.3) is 0 Å². The molecule has 2 atom stereocenters. The molecule has 13 heavy (non-hydrogen) atoms. The summed E-state index contributed by atoms with van der Waals surface area (Å²) in [6.45, 7) is 2.42. The van der Waals surface area contributed by atoms with Crippen molar-refractivity contribution in [1.29, 1.82) is 0 Å². The summed E-state index contributed by atoms with van der Waals surface area (Å²) in [5, 5.41) is 0. The fraction of sp³-hybridized carbons (Fsp3) is 0.778. The van der Waals surface area contributed by atoms with Crippen molar-refractivity contribution in [3.05, 3.63) is 11.8 Å². The summed E-state index contributed by atoms with van der Waals surface area (Å²) < 4.78 is 10.8. The Balaban J connectivity index is 1.98. The average molecular weight is 184 g/mol. The summed E-state index contributed by atoms with van der Waals surface area (Å²) in [7, 11) is 0. The van der Waals surface area contributed by atoms with Crippen LogP contribution in [-0.4, -0.2) is 25.9 Å². The largest absolute Gasteiger partial charge is 0.496 e. The maximum absolute atomic E-state index is 5.51. The molecule has 0 saturated carbocycles. The summed E-state index contributed by atoms with van der Waals surface area (Å²) >= 11 is 0. The van der Waals surface area contributed by atoms with E-state index in [1.54, 1.807) is 0 Å². The standard InChI is InChI=1S/C9H16N2O2/c10-11-9(7-3-5-12-6-7)8-2-1-4-13-8/h2,7,9,11H,1,3-6,10H2. The zero-order chi connectivity index (χ0) is 9.10. The van der Waals surface area contributed by atoms with Crippen molar-refractivity contribution >= 4 is 0 Å². The quantitative estimate of drug-likeness (QED) is 0.484. The lowest BCUT2D eigenvalue weighted by Gasteiger charge is -2.22. The molecule has 2 aliphatic rings. The molecule has 0 amide bonds. The monoisotopic (exact) mass is 184 g/mol. The molecule has 74 valence electrons. The third-order valence-corrected chi connectivity index (χ3v) is 2.65. The zero-order valence-corrected chi connectivity index (χ0v) is 7.66. The normalized spacial score (nSPS) is 29.9. The smallest absolute Gasteiger partial charge is 0.111 e. The van der Waals surface area contributed by atoms with E-state index in [0.29, 0.717) is 5.92 Å². The van der Waals surface area contributed by atoms with E-state index in [4.69, 9.17) is 15.3 Å². The van der Waals surface area contributed by atoms with Crippen LogP contribution < -0.4 is 11.3 Å². The van der Waals surface area contributed by atoms with Crippen LogP contribution in [0.4, 0.5) is 0 Å². The Morgan fingerprint density at radius 2 is 2.46 bits per heavy atom. The van der Waals surface area contributed by atoms with E-state index in [1.807, 2.05) is 0 Å². The first-order valence-corrected chi connectivity index (χ1v) is 4.78. The second-order valence-corrected chi connectivity index (χ2v) is 3.51. The van der Waals surface area contributed by atoms with E-state index in [0.717, 1.165) is 38.4 Å². The van der Waals surface area contributed by atoms with Gasteiger partial charge in [0.15, 0.2) is 0 Å². The van der Waals surface area contributed by atoms with Gasteiger partial charge >= 0.3 is 0 Å². The molecule has 0 aromatic rings. The van der Waals surface area contributed by atoms with E-state index in [1.165, 1.54) is 0 Å². The van der Waals surface area contributed by atoms with Crippen LogP contribution in [0.1, 0.15) is 12.8 Å². The topological polar surface area (TPSA) is 56.5 Å². The van der Waals surface area contributed by atoms with Gasteiger partial charge in [0.2, 0.25) is 0 Å². The lowest BCUT2D eigenvalue weighted by Crippen LogP contribution is -2.42. The van der Waals surface area contributed by atoms with Gasteiger partial charge in [-0.05, 0) is 12.5 Å². The van der Waals surface area contributed by atoms with Crippen molar-refractivity contribution in [2.45, 2.75) is 18.9 Å². The van der Waals surface area contributed by atoms with Gasteiger partial charge in [0.1, 0.15) is 5.76 Å². The number of nitrogens with two attached hydrogens (primary N) is 1. The highest BCUT2D eigenvalue weighted by atomic mass is 16.5. The lowest BCUT2D eigenvalue weighted by atomic mass is 9.98. The number of hydrogen-bond acceptors (Lipinski definition) is 4. The van der Waals surface area contributed by atoms with Crippen LogP contribution in [0.3, 0.4) is 0 Å². The fourth-order valence-corrected chi connectivity index (χ4v) is 1.92. The van der Waals surface area contributed by atoms with E-state index < -0.39 is 0 Å². The molecule has 2 unspecified atom stereocenters. The molecule has 2 rings (SSSR count). The second-order valence-electron chi connectivity index (χ2n) is 3.51. The first kappa shape index (κ1) is 8.99. The lowest BCUT2D eigenvalue weighted by molar-refractivity contribution is 0.159. The summed E-state index contributed by atoms with van der Waals surface area (Å²) in [4.78, 5) is 0. The molecule has 4 heteroatoms. The minimum absolute atomic E-state index is 0.144. The molecule has 2 heterocycles. The molecule has 0 bridgehead atoms. The third-order valence-electron chi connectivity index (χ3n) is 2.65. The van der Waals surface area contributed by atoms with Crippen molar-refractivity contribution < 1.29 is 9.47 Å². The molecule has 3 N–H and O–H groups in total. The molecule has 0 aromatic heterocycles. The zero-order valence-electron chi connectivity index (χ0n) is 7.66. The van der Waals surface area contributed by atoms with E-state index in [2.05, 4.69) is 11.5 Å². The van der Waals surface area contributed by atoms with Gasteiger partial charge < -0.3 is 9.47 Å². The Hall–Kier alpha value is -0.580. The second kappa shape index (κ2) is 4.09. The Morgan fingerprint density at radius 3 is 3.00 bits per heavy atom. The Bertz CT molecular complexity index is 200. The molecular weight excluding hydrogens is 168 g/mol. The molecule has 0 spiro atoms. The summed E-state index contributed by atoms with van der Waals surface area (Å²) in [5.41, 5.74) is 2.81. The number of hydrogen-bond donors (Lipinski definition) is 2. The molecule has 1 saturated heterocycles. The van der Waals surface area contributed by atoms with E-state index in [9.17, 15) is 0 Å². The minimum atomic E-state index is 0.144. The van der Waals surface area contributed by atoms with Crippen LogP contribution in [0.2, 0.25) is 0 Å². The molecule has 0 aliphatic carbocycles. The minimum Gasteiger partial charge on any atom is -0.496 e. The van der Waals surface area contributed by atoms with Crippen LogP contribution in [0.15, 0.2) is 11.8 Å². The van der Waals surface area contributed by atoms with Crippen LogP contribution in [-0.2, 0) is 9.47 Å². The van der Waals surface area contributed by atoms with Gasteiger partial charge in [-0.2, -0.15) is 0 Å². The Morgan fingerprint density at radius 1 is 1.54 bits per heavy atom. The fourth-order valence-electron chi connectivity index (χ4n) is 1.92. The van der Waals surface area contributed by atoms with Crippen molar-refractivity contribution in [2.75, 3.05) is 19.8 Å². The number of nitrogens with one attached hydrogen (secondary N) is 1. The molecule has 0 radical (unpaired) electrons. The van der Waals surface area contributed by atoms with Gasteiger partial charge in [0.25, 0.3) is 0 Å². The predicted octanol–water partition coefficient (Wildman–Crippen LogP) is 0.159. The molecule has 0 aromatic carbocycles. The van der Waals surface area contributed by atoms with Crippen molar-refractivity contribution in [3.8, 4) is 0 Å². The number of ether oxygens (including phenoxy) is 2. The highest BCUT2D eigenvalue weighted by molar-refractivity contribution is 5.09. The van der Waals surface area contributed by atoms with Crippen molar-refractivity contribution in [1.82, 2.24) is 5.43 Å². The first-order valence-electron chi connectivity index (χ1n) is 4.78. The number of hydrazine groups is 1. The van der Waals surface area contributed by atoms with E-state index >= 15 is 0 Å². The van der Waals surface area contributed by atoms with Gasteiger partial charge in [0, 0.05) is 18.9 Å². The summed E-state index contributed by atoms with van der Waals surface area (Å²) in [6, 6.07) is 0.144. The molecular formula is C9H16N2O2. The van der Waals surface area contributed by atoms with Gasteiger partial charge in [-0.15, -0.1) is 0 Å². The Labute approximate surface area is 78.0 Å². The third kappa shape index (κ3) is 1.85. The Kier molecular flexibility index (Phi) is 2.83. The first-order chi connectivity index (χ1) is 6.42. The highest BCUT2D eigenvalue weighted by Gasteiger charge is 2.29. The van der Waals surface area contributed by atoms with Crippen LogP contribution >= 0.6 is 0 Å². The van der Waals surface area contributed by atoms with E-state index in [-0.39, 0.29) is 6.04 Å². The molecule has 2 aliphatic heterocycles. The SMILES string of the molecule is NNC(C1=CCCO1)C1CCOC1. The van der Waals surface area contributed by atoms with Crippen LogP contribution in [0.5, 0.6) is 0 Å². The highest BCUT2D eigenvalue weighted by Crippen LogP contribution is 2.24. The van der Waals surface area contributed by atoms with Gasteiger partial charge in [0.05, 0.1) is 19.3 Å².